The van der Waals surface area contributed by atoms with E-state index in [1.807, 2.05) is 60.7 Å². The van der Waals surface area contributed by atoms with Gasteiger partial charge in [-0.3, -0.25) is 10.1 Å². The predicted molar refractivity (Wildman–Crippen MR) is 101 cm³/mol. The molecular weight excluding hydrogens is 346 g/mol. The van der Waals surface area contributed by atoms with Crippen LogP contribution in [0.5, 0.6) is 0 Å². The van der Waals surface area contributed by atoms with Crippen LogP contribution in [0.4, 0.5) is 5.13 Å². The summed E-state index contributed by atoms with van der Waals surface area (Å²) in [6, 6.07) is 19.2. The third kappa shape index (κ3) is 3.47. The van der Waals surface area contributed by atoms with E-state index in [4.69, 9.17) is 0 Å². The quantitative estimate of drug-likeness (QED) is 0.597. The number of hydrogen-bond acceptors (Lipinski definition) is 6. The Hall–Kier alpha value is -3.45. The number of hydrogen-bond donors (Lipinski definition) is 1. The number of carbonyl (C=O) groups is 1. The molecule has 126 valence electrons. The molecule has 2 aromatic heterocycles. The van der Waals surface area contributed by atoms with Crippen LogP contribution in [0.2, 0.25) is 0 Å². The van der Waals surface area contributed by atoms with E-state index >= 15 is 0 Å². The van der Waals surface area contributed by atoms with Gasteiger partial charge in [0.2, 0.25) is 5.13 Å². The van der Waals surface area contributed by atoms with Crippen LogP contribution >= 0.6 is 11.5 Å². The summed E-state index contributed by atoms with van der Waals surface area (Å²) in [4.78, 5) is 25.2. The third-order valence-electron chi connectivity index (χ3n) is 3.62. The second-order valence-electron chi connectivity index (χ2n) is 5.40. The van der Waals surface area contributed by atoms with Crippen LogP contribution in [-0.4, -0.2) is 25.2 Å². The van der Waals surface area contributed by atoms with E-state index in [-0.39, 0.29) is 5.91 Å². The van der Waals surface area contributed by atoms with Gasteiger partial charge >= 0.3 is 0 Å². The second-order valence-corrected chi connectivity index (χ2v) is 6.16. The molecule has 1 N–H and O–H groups in total. The molecule has 1 amide bonds. The Morgan fingerprint density at radius 2 is 1.38 bits per heavy atom. The van der Waals surface area contributed by atoms with Crippen molar-refractivity contribution in [2.75, 3.05) is 5.32 Å². The van der Waals surface area contributed by atoms with Gasteiger partial charge in [-0.15, -0.1) is 0 Å². The normalized spacial score (nSPS) is 10.5. The van der Waals surface area contributed by atoms with Gasteiger partial charge in [0, 0.05) is 35.1 Å². The van der Waals surface area contributed by atoms with E-state index in [2.05, 4.69) is 24.6 Å². The summed E-state index contributed by atoms with van der Waals surface area (Å²) >= 11 is 1.13. The average Bonchev–Trinajstić information content (AvgIpc) is 3.18. The number of nitrogens with one attached hydrogen (secondary N) is 1. The zero-order valence-electron chi connectivity index (χ0n) is 13.5. The standard InChI is InChI=1S/C19H13N5OS/c25-18(15-11-20-16(21-12-15)13-7-3-1-4-8-13)23-19-22-17(24-26-19)14-9-5-2-6-10-14/h1-12H,(H,22,23,24,25). The van der Waals surface area contributed by atoms with Crippen molar-refractivity contribution >= 4 is 22.6 Å². The Balaban J connectivity index is 1.48. The van der Waals surface area contributed by atoms with Crippen molar-refractivity contribution in [3.63, 3.8) is 0 Å². The Morgan fingerprint density at radius 1 is 0.808 bits per heavy atom. The minimum Gasteiger partial charge on any atom is -0.296 e. The first-order valence-corrected chi connectivity index (χ1v) is 8.65. The molecule has 4 rings (SSSR count). The van der Waals surface area contributed by atoms with Crippen molar-refractivity contribution in [1.29, 1.82) is 0 Å². The lowest BCUT2D eigenvalue weighted by atomic mass is 10.2. The van der Waals surface area contributed by atoms with Gasteiger partial charge in [0.05, 0.1) is 5.56 Å². The topological polar surface area (TPSA) is 80.7 Å². The molecule has 0 spiro atoms. The first-order valence-electron chi connectivity index (χ1n) is 7.87. The Bertz CT molecular complexity index is 1020. The molecule has 0 atom stereocenters. The number of aromatic nitrogens is 4. The number of amides is 1. The molecule has 6 nitrogen and oxygen atoms in total. The van der Waals surface area contributed by atoms with Gasteiger partial charge in [-0.05, 0) is 0 Å². The molecule has 0 saturated carbocycles. The molecule has 0 aliphatic heterocycles. The molecule has 0 unspecified atom stereocenters. The van der Waals surface area contributed by atoms with Gasteiger partial charge in [-0.2, -0.15) is 9.36 Å². The highest BCUT2D eigenvalue weighted by Crippen LogP contribution is 2.21. The maximum Gasteiger partial charge on any atom is 0.260 e. The van der Waals surface area contributed by atoms with Crippen LogP contribution < -0.4 is 5.32 Å². The molecule has 7 heteroatoms. The van der Waals surface area contributed by atoms with Crippen molar-refractivity contribution in [3.05, 3.63) is 78.6 Å². The highest BCUT2D eigenvalue weighted by molar-refractivity contribution is 7.10. The van der Waals surface area contributed by atoms with Gasteiger partial charge in [0.25, 0.3) is 5.91 Å². The van der Waals surface area contributed by atoms with E-state index in [9.17, 15) is 4.79 Å². The van der Waals surface area contributed by atoms with Crippen LogP contribution in [0, 0.1) is 0 Å². The lowest BCUT2D eigenvalue weighted by molar-refractivity contribution is 0.102. The van der Waals surface area contributed by atoms with Crippen molar-refractivity contribution < 1.29 is 4.79 Å². The summed E-state index contributed by atoms with van der Waals surface area (Å²) in [7, 11) is 0. The van der Waals surface area contributed by atoms with Gasteiger partial charge in [-0.25, -0.2) is 9.97 Å². The van der Waals surface area contributed by atoms with Crippen molar-refractivity contribution in [1.82, 2.24) is 19.3 Å². The van der Waals surface area contributed by atoms with Gasteiger partial charge in [0.1, 0.15) is 0 Å². The zero-order chi connectivity index (χ0) is 17.8. The van der Waals surface area contributed by atoms with Crippen molar-refractivity contribution in [2.24, 2.45) is 0 Å². The predicted octanol–water partition coefficient (Wildman–Crippen LogP) is 3.91. The number of benzene rings is 2. The summed E-state index contributed by atoms with van der Waals surface area (Å²) in [6.45, 7) is 0. The van der Waals surface area contributed by atoms with Crippen LogP contribution in [0.3, 0.4) is 0 Å². The largest absolute Gasteiger partial charge is 0.296 e. The monoisotopic (exact) mass is 359 g/mol. The molecular formula is C19H13N5OS. The maximum absolute atomic E-state index is 12.4. The summed E-state index contributed by atoms with van der Waals surface area (Å²) in [5, 5.41) is 3.17. The Morgan fingerprint density at radius 3 is 2.00 bits per heavy atom. The minimum atomic E-state index is -0.319. The number of carbonyl (C=O) groups excluding carboxylic acids is 1. The molecule has 0 fully saturated rings. The average molecular weight is 359 g/mol. The summed E-state index contributed by atoms with van der Waals surface area (Å²) in [5.74, 6) is 0.839. The summed E-state index contributed by atoms with van der Waals surface area (Å²) < 4.78 is 4.27. The molecule has 0 aliphatic carbocycles. The molecule has 0 saturated heterocycles. The fourth-order valence-corrected chi connectivity index (χ4v) is 2.91. The first-order chi connectivity index (χ1) is 12.8. The minimum absolute atomic E-state index is 0.319. The van der Waals surface area contributed by atoms with Crippen LogP contribution in [0.15, 0.2) is 73.1 Å². The smallest absolute Gasteiger partial charge is 0.260 e. The van der Waals surface area contributed by atoms with E-state index in [1.165, 1.54) is 12.4 Å². The lowest BCUT2D eigenvalue weighted by Crippen LogP contribution is -2.12. The van der Waals surface area contributed by atoms with Crippen molar-refractivity contribution in [2.45, 2.75) is 0 Å². The van der Waals surface area contributed by atoms with E-state index < -0.39 is 0 Å². The summed E-state index contributed by atoms with van der Waals surface area (Å²) in [5.41, 5.74) is 2.16. The van der Waals surface area contributed by atoms with E-state index in [0.717, 1.165) is 22.7 Å². The highest BCUT2D eigenvalue weighted by Gasteiger charge is 2.12. The molecule has 0 radical (unpaired) electrons. The van der Waals surface area contributed by atoms with Gasteiger partial charge in [-0.1, -0.05) is 60.7 Å². The van der Waals surface area contributed by atoms with E-state index in [1.54, 1.807) is 0 Å². The highest BCUT2D eigenvalue weighted by atomic mass is 32.1. The molecule has 26 heavy (non-hydrogen) atoms. The third-order valence-corrected chi connectivity index (χ3v) is 4.26. The number of rotatable bonds is 4. The SMILES string of the molecule is O=C(Nc1nc(-c2ccccc2)ns1)c1cnc(-c2ccccc2)nc1. The van der Waals surface area contributed by atoms with Crippen LogP contribution in [-0.2, 0) is 0 Å². The van der Waals surface area contributed by atoms with Gasteiger partial charge in [0.15, 0.2) is 11.6 Å². The Kier molecular flexibility index (Phi) is 4.44. The van der Waals surface area contributed by atoms with Gasteiger partial charge < -0.3 is 0 Å². The maximum atomic E-state index is 12.4. The number of nitrogens with zero attached hydrogens (tertiary/aromatic N) is 4. The number of anilines is 1. The van der Waals surface area contributed by atoms with Crippen molar-refractivity contribution in [3.8, 4) is 22.8 Å². The molecule has 0 aliphatic rings. The molecule has 4 aromatic rings. The second kappa shape index (κ2) is 7.20. The fourth-order valence-electron chi connectivity index (χ4n) is 2.33. The lowest BCUT2D eigenvalue weighted by Gasteiger charge is -2.02. The molecule has 2 aromatic carbocycles. The van der Waals surface area contributed by atoms with Crippen LogP contribution in [0.25, 0.3) is 22.8 Å². The summed E-state index contributed by atoms with van der Waals surface area (Å²) in [6.07, 6.45) is 3.01. The fraction of sp³-hybridized carbons (Fsp3) is 0. The first kappa shape index (κ1) is 16.0. The molecule has 0 bridgehead atoms. The molecule has 2 heterocycles. The zero-order valence-corrected chi connectivity index (χ0v) is 14.4. The van der Waals surface area contributed by atoms with Crippen LogP contribution in [0.1, 0.15) is 10.4 Å². The Labute approximate surface area is 153 Å². The van der Waals surface area contributed by atoms with E-state index in [0.29, 0.717) is 22.3 Å².